The van der Waals surface area contributed by atoms with Gasteiger partial charge >= 0.3 is 0 Å². The minimum atomic E-state index is -1.63. The summed E-state index contributed by atoms with van der Waals surface area (Å²) in [5.74, 6) is -3.74. The molecule has 0 aliphatic rings. The van der Waals surface area contributed by atoms with Crippen molar-refractivity contribution in [1.29, 1.82) is 0 Å². The molecule has 0 aliphatic carbocycles. The third-order valence-corrected chi connectivity index (χ3v) is 4.61. The average molecular weight is 410 g/mol. The van der Waals surface area contributed by atoms with Gasteiger partial charge in [0.2, 0.25) is 5.91 Å². The number of benzene rings is 1. The molecular formula is C18H17F3N4O2S. The summed E-state index contributed by atoms with van der Waals surface area (Å²) in [4.78, 5) is 12.1. The fraction of sp³-hybridized carbons (Fsp3) is 0.278. The molecule has 0 saturated heterocycles. The second-order valence-corrected chi connectivity index (χ2v) is 7.29. The van der Waals surface area contributed by atoms with Crippen LogP contribution in [0.5, 0.6) is 0 Å². The van der Waals surface area contributed by atoms with Crippen LogP contribution in [0.4, 0.5) is 18.9 Å². The number of furan rings is 1. The molecular weight excluding hydrogens is 393 g/mol. The van der Waals surface area contributed by atoms with Crippen molar-refractivity contribution in [1.82, 2.24) is 14.8 Å². The van der Waals surface area contributed by atoms with Gasteiger partial charge in [-0.1, -0.05) is 25.6 Å². The maximum absolute atomic E-state index is 13.7. The molecule has 3 aromatic rings. The van der Waals surface area contributed by atoms with Gasteiger partial charge in [-0.15, -0.1) is 10.2 Å². The van der Waals surface area contributed by atoms with Gasteiger partial charge < -0.3 is 9.73 Å². The number of halogens is 3. The molecule has 28 heavy (non-hydrogen) atoms. The summed E-state index contributed by atoms with van der Waals surface area (Å²) in [6.45, 7) is 4.66. The largest absolute Gasteiger partial charge is 0.461 e. The molecule has 6 nitrogen and oxygen atoms in total. The van der Waals surface area contributed by atoms with Gasteiger partial charge in [-0.05, 0) is 30.2 Å². The molecule has 1 amide bonds. The molecule has 1 aromatic carbocycles. The van der Waals surface area contributed by atoms with Crippen molar-refractivity contribution >= 4 is 23.4 Å². The van der Waals surface area contributed by atoms with Gasteiger partial charge in [0.25, 0.3) is 0 Å². The van der Waals surface area contributed by atoms with Crippen LogP contribution in [0.15, 0.2) is 40.1 Å². The number of aromatic nitrogens is 3. The third-order valence-electron chi connectivity index (χ3n) is 3.65. The molecule has 0 spiro atoms. The third kappa shape index (κ3) is 4.38. The molecule has 148 valence electrons. The van der Waals surface area contributed by atoms with Gasteiger partial charge in [0, 0.05) is 6.54 Å². The zero-order valence-electron chi connectivity index (χ0n) is 15.1. The fourth-order valence-corrected chi connectivity index (χ4v) is 3.20. The van der Waals surface area contributed by atoms with Gasteiger partial charge in [-0.25, -0.2) is 13.2 Å². The van der Waals surface area contributed by atoms with Gasteiger partial charge in [-0.3, -0.25) is 9.36 Å². The second-order valence-electron chi connectivity index (χ2n) is 6.35. The Hall–Kier alpha value is -2.75. The number of rotatable bonds is 7. The van der Waals surface area contributed by atoms with Gasteiger partial charge in [0.15, 0.2) is 34.2 Å². The molecule has 0 saturated carbocycles. The van der Waals surface area contributed by atoms with E-state index in [0.717, 1.165) is 23.9 Å². The van der Waals surface area contributed by atoms with Crippen molar-refractivity contribution in [2.24, 2.45) is 5.92 Å². The monoisotopic (exact) mass is 410 g/mol. The van der Waals surface area contributed by atoms with E-state index in [9.17, 15) is 18.0 Å². The first-order valence-corrected chi connectivity index (χ1v) is 9.38. The van der Waals surface area contributed by atoms with Crippen LogP contribution in [-0.2, 0) is 11.3 Å². The molecule has 0 bridgehead atoms. The topological polar surface area (TPSA) is 73.0 Å². The highest BCUT2D eigenvalue weighted by atomic mass is 32.2. The summed E-state index contributed by atoms with van der Waals surface area (Å²) in [5.41, 5.74) is -0.426. The Bertz CT molecular complexity index is 974. The highest BCUT2D eigenvalue weighted by Gasteiger charge is 2.19. The highest BCUT2D eigenvalue weighted by Crippen LogP contribution is 2.26. The van der Waals surface area contributed by atoms with E-state index >= 15 is 0 Å². The Labute approximate surface area is 163 Å². The van der Waals surface area contributed by atoms with E-state index in [1.54, 1.807) is 12.1 Å². The smallest absolute Gasteiger partial charge is 0.234 e. The molecule has 0 unspecified atom stereocenters. The first-order chi connectivity index (χ1) is 13.4. The van der Waals surface area contributed by atoms with Crippen molar-refractivity contribution in [3.05, 3.63) is 48.0 Å². The van der Waals surface area contributed by atoms with Crippen LogP contribution in [0.3, 0.4) is 0 Å². The van der Waals surface area contributed by atoms with E-state index < -0.39 is 29.0 Å². The highest BCUT2D eigenvalue weighted by molar-refractivity contribution is 7.99. The quantitative estimate of drug-likeness (QED) is 0.463. The number of amides is 1. The minimum absolute atomic E-state index is 0.118. The minimum Gasteiger partial charge on any atom is -0.461 e. The van der Waals surface area contributed by atoms with Crippen LogP contribution in [-0.4, -0.2) is 26.4 Å². The summed E-state index contributed by atoms with van der Waals surface area (Å²) >= 11 is 1.09. The number of hydrogen-bond donors (Lipinski definition) is 1. The van der Waals surface area contributed by atoms with Crippen LogP contribution < -0.4 is 5.32 Å². The van der Waals surface area contributed by atoms with E-state index in [0.29, 0.717) is 23.3 Å². The predicted molar refractivity (Wildman–Crippen MR) is 98.2 cm³/mol. The molecule has 0 atom stereocenters. The number of carbonyl (C=O) groups excluding carboxylic acids is 1. The summed E-state index contributed by atoms with van der Waals surface area (Å²) < 4.78 is 47.1. The number of anilines is 1. The van der Waals surface area contributed by atoms with E-state index in [-0.39, 0.29) is 11.7 Å². The Morgan fingerprint density at radius 1 is 1.21 bits per heavy atom. The maximum atomic E-state index is 13.7. The normalized spacial score (nSPS) is 11.2. The van der Waals surface area contributed by atoms with Crippen molar-refractivity contribution in [2.75, 3.05) is 11.1 Å². The number of carbonyl (C=O) groups is 1. The lowest BCUT2D eigenvalue weighted by Gasteiger charge is -2.11. The Kier molecular flexibility index (Phi) is 6.08. The number of thioether (sulfide) groups is 1. The van der Waals surface area contributed by atoms with E-state index in [2.05, 4.69) is 15.5 Å². The molecule has 0 aliphatic heterocycles. The van der Waals surface area contributed by atoms with Crippen molar-refractivity contribution < 1.29 is 22.4 Å². The van der Waals surface area contributed by atoms with Crippen LogP contribution in [0.2, 0.25) is 0 Å². The van der Waals surface area contributed by atoms with Crippen molar-refractivity contribution in [3.8, 4) is 11.6 Å². The fourth-order valence-electron chi connectivity index (χ4n) is 2.45. The first kappa shape index (κ1) is 20.0. The molecule has 2 heterocycles. The van der Waals surface area contributed by atoms with E-state index in [1.165, 1.54) is 6.26 Å². The van der Waals surface area contributed by atoms with E-state index in [4.69, 9.17) is 4.42 Å². The summed E-state index contributed by atoms with van der Waals surface area (Å²) in [5, 5.41) is 10.9. The lowest BCUT2D eigenvalue weighted by Crippen LogP contribution is -2.16. The Morgan fingerprint density at radius 2 is 2.00 bits per heavy atom. The van der Waals surface area contributed by atoms with Crippen LogP contribution in [0.1, 0.15) is 13.8 Å². The number of nitrogens with one attached hydrogen (secondary N) is 1. The molecule has 0 radical (unpaired) electrons. The average Bonchev–Trinajstić information content (AvgIpc) is 3.30. The predicted octanol–water partition coefficient (Wildman–Crippen LogP) is 4.34. The van der Waals surface area contributed by atoms with Gasteiger partial charge in [0.1, 0.15) is 0 Å². The van der Waals surface area contributed by atoms with Crippen molar-refractivity contribution in [2.45, 2.75) is 25.5 Å². The van der Waals surface area contributed by atoms with Crippen LogP contribution in [0.25, 0.3) is 11.6 Å². The van der Waals surface area contributed by atoms with Gasteiger partial charge in [0.05, 0.1) is 17.7 Å². The first-order valence-electron chi connectivity index (χ1n) is 8.40. The van der Waals surface area contributed by atoms with Gasteiger partial charge in [-0.2, -0.15) is 0 Å². The Morgan fingerprint density at radius 3 is 2.68 bits per heavy atom. The van der Waals surface area contributed by atoms with Crippen LogP contribution in [0, 0.1) is 23.4 Å². The summed E-state index contributed by atoms with van der Waals surface area (Å²) in [6, 6.07) is 5.21. The lowest BCUT2D eigenvalue weighted by atomic mass is 10.2. The second kappa shape index (κ2) is 8.51. The van der Waals surface area contributed by atoms with E-state index in [1.807, 2.05) is 18.4 Å². The van der Waals surface area contributed by atoms with Crippen LogP contribution >= 0.6 is 11.8 Å². The molecule has 0 fully saturated rings. The van der Waals surface area contributed by atoms with Crippen molar-refractivity contribution in [3.63, 3.8) is 0 Å². The summed E-state index contributed by atoms with van der Waals surface area (Å²) in [6.07, 6.45) is 1.53. The molecule has 3 rings (SSSR count). The lowest BCUT2D eigenvalue weighted by molar-refractivity contribution is -0.113. The summed E-state index contributed by atoms with van der Waals surface area (Å²) in [7, 11) is 0. The maximum Gasteiger partial charge on any atom is 0.234 e. The Balaban J connectivity index is 1.72. The zero-order valence-corrected chi connectivity index (χ0v) is 15.9. The zero-order chi connectivity index (χ0) is 20.3. The molecule has 10 heteroatoms. The SMILES string of the molecule is CC(C)Cn1c(SCC(=O)Nc2ccc(F)c(F)c2F)nnc1-c1ccco1. The molecule has 1 N–H and O–H groups in total. The molecule has 2 aromatic heterocycles. The number of hydrogen-bond acceptors (Lipinski definition) is 5. The number of nitrogens with zero attached hydrogens (tertiary/aromatic N) is 3. The standard InChI is InChI=1S/C18H17F3N4O2S/c1-10(2)8-25-17(13-4-3-7-27-13)23-24-18(25)28-9-14(26)22-12-6-5-11(19)15(20)16(12)21/h3-7,10H,8-9H2,1-2H3,(H,22,26).